The van der Waals surface area contributed by atoms with Crippen molar-refractivity contribution in [3.05, 3.63) is 48.0 Å². The molecule has 0 amide bonds. The number of nitrogens with zero attached hydrogens (tertiary/aromatic N) is 3. The Labute approximate surface area is 103 Å². The molecule has 6 heteroatoms. The lowest BCUT2D eigenvalue weighted by molar-refractivity contribution is 0.627. The van der Waals surface area contributed by atoms with Gasteiger partial charge in [-0.1, -0.05) is 12.1 Å². The van der Waals surface area contributed by atoms with Gasteiger partial charge in [0.15, 0.2) is 6.19 Å². The van der Waals surface area contributed by atoms with E-state index >= 15 is 0 Å². The van der Waals surface area contributed by atoms with Crippen molar-refractivity contribution in [3.8, 4) is 6.19 Å². The fourth-order valence-electron chi connectivity index (χ4n) is 1.37. The van der Waals surface area contributed by atoms with E-state index < -0.39 is 0 Å². The first-order valence-electron chi connectivity index (χ1n) is 5.23. The number of nitrogens with one attached hydrogen (secondary N) is 2. The van der Waals surface area contributed by atoms with Gasteiger partial charge in [0.1, 0.15) is 23.8 Å². The van der Waals surface area contributed by atoms with E-state index in [1.165, 1.54) is 18.5 Å². The van der Waals surface area contributed by atoms with Gasteiger partial charge in [-0.05, 0) is 17.7 Å². The van der Waals surface area contributed by atoms with Crippen LogP contribution < -0.4 is 10.6 Å². The van der Waals surface area contributed by atoms with Gasteiger partial charge in [0.05, 0.1) is 0 Å². The van der Waals surface area contributed by atoms with Crippen LogP contribution in [0.2, 0.25) is 0 Å². The van der Waals surface area contributed by atoms with Crippen molar-refractivity contribution in [2.75, 3.05) is 10.6 Å². The maximum absolute atomic E-state index is 12.7. The summed E-state index contributed by atoms with van der Waals surface area (Å²) < 4.78 is 12.7. The molecule has 18 heavy (non-hydrogen) atoms. The van der Waals surface area contributed by atoms with Gasteiger partial charge >= 0.3 is 0 Å². The highest BCUT2D eigenvalue weighted by Crippen LogP contribution is 2.10. The number of hydrogen-bond acceptors (Lipinski definition) is 5. The second kappa shape index (κ2) is 5.59. The van der Waals surface area contributed by atoms with Crippen LogP contribution in [0.5, 0.6) is 0 Å². The predicted molar refractivity (Wildman–Crippen MR) is 65.0 cm³/mol. The highest BCUT2D eigenvalue weighted by molar-refractivity contribution is 5.48. The lowest BCUT2D eigenvalue weighted by atomic mass is 10.2. The molecule has 2 N–H and O–H groups in total. The molecule has 0 unspecified atom stereocenters. The van der Waals surface area contributed by atoms with Crippen LogP contribution in [0.1, 0.15) is 5.56 Å². The number of nitriles is 1. The second-order valence-corrected chi connectivity index (χ2v) is 3.51. The molecule has 0 saturated heterocycles. The van der Waals surface area contributed by atoms with Gasteiger partial charge in [-0.15, -0.1) is 0 Å². The van der Waals surface area contributed by atoms with Crippen LogP contribution in [0.25, 0.3) is 0 Å². The molecule has 0 saturated carbocycles. The van der Waals surface area contributed by atoms with Crippen LogP contribution in [0.4, 0.5) is 16.0 Å². The molecule has 0 aliphatic carbocycles. The Morgan fingerprint density at radius 1 is 1.17 bits per heavy atom. The van der Waals surface area contributed by atoms with Crippen LogP contribution in [0.3, 0.4) is 0 Å². The number of anilines is 2. The summed E-state index contributed by atoms with van der Waals surface area (Å²) in [5, 5.41) is 13.9. The Kier molecular flexibility index (Phi) is 3.66. The third-order valence-electron chi connectivity index (χ3n) is 2.24. The Balaban J connectivity index is 1.99. The predicted octanol–water partition coefficient (Wildman–Crippen LogP) is 2.12. The molecule has 0 fully saturated rings. The van der Waals surface area contributed by atoms with Gasteiger partial charge in [-0.2, -0.15) is 5.26 Å². The van der Waals surface area contributed by atoms with Crippen LogP contribution in [-0.2, 0) is 6.54 Å². The number of rotatable bonds is 4. The summed E-state index contributed by atoms with van der Waals surface area (Å²) in [5.41, 5.74) is 0.935. The van der Waals surface area contributed by atoms with Gasteiger partial charge < -0.3 is 5.32 Å². The summed E-state index contributed by atoms with van der Waals surface area (Å²) in [7, 11) is 0. The van der Waals surface area contributed by atoms with Gasteiger partial charge in [0.25, 0.3) is 0 Å². The molecule has 1 aromatic carbocycles. The Hall–Kier alpha value is -2.68. The summed E-state index contributed by atoms with van der Waals surface area (Å²) >= 11 is 0. The maximum Gasteiger partial charge on any atom is 0.182 e. The molecular formula is C12H10FN5. The summed E-state index contributed by atoms with van der Waals surface area (Å²) in [6, 6.07) is 7.81. The molecule has 90 valence electrons. The van der Waals surface area contributed by atoms with Crippen LogP contribution in [-0.4, -0.2) is 9.97 Å². The second-order valence-electron chi connectivity index (χ2n) is 3.51. The minimum Gasteiger partial charge on any atom is -0.366 e. The first-order chi connectivity index (χ1) is 8.78. The van der Waals surface area contributed by atoms with Crippen molar-refractivity contribution in [3.63, 3.8) is 0 Å². The average Bonchev–Trinajstić information content (AvgIpc) is 2.39. The summed E-state index contributed by atoms with van der Waals surface area (Å²) in [6.45, 7) is 0.517. The number of aromatic nitrogens is 2. The molecule has 0 aliphatic heterocycles. The molecule has 1 aromatic heterocycles. The third-order valence-corrected chi connectivity index (χ3v) is 2.24. The summed E-state index contributed by atoms with van der Waals surface area (Å²) in [6.07, 6.45) is 3.14. The molecule has 1 heterocycles. The molecule has 0 spiro atoms. The van der Waals surface area contributed by atoms with Crippen molar-refractivity contribution in [1.82, 2.24) is 9.97 Å². The quantitative estimate of drug-likeness (QED) is 0.635. The van der Waals surface area contributed by atoms with E-state index in [-0.39, 0.29) is 5.82 Å². The lowest BCUT2D eigenvalue weighted by Gasteiger charge is -2.06. The van der Waals surface area contributed by atoms with E-state index in [1.807, 2.05) is 0 Å². The SMILES string of the molecule is N#CNc1cc(NCc2ccc(F)cc2)ncn1. The molecule has 2 aromatic rings. The van der Waals surface area contributed by atoms with E-state index in [1.54, 1.807) is 24.4 Å². The molecular weight excluding hydrogens is 233 g/mol. The van der Waals surface area contributed by atoms with Gasteiger partial charge in [0, 0.05) is 12.6 Å². The lowest BCUT2D eigenvalue weighted by Crippen LogP contribution is -2.02. The average molecular weight is 243 g/mol. The van der Waals surface area contributed by atoms with E-state index in [0.717, 1.165) is 5.56 Å². The third kappa shape index (κ3) is 3.15. The number of hydrogen-bond donors (Lipinski definition) is 2. The zero-order valence-electron chi connectivity index (χ0n) is 9.39. The first kappa shape index (κ1) is 11.8. The number of halogens is 1. The Morgan fingerprint density at radius 2 is 1.89 bits per heavy atom. The fourth-order valence-corrected chi connectivity index (χ4v) is 1.37. The standard InChI is InChI=1S/C12H10FN5/c13-10-3-1-9(2-4-10)6-15-11-5-12(16-7-14)18-8-17-11/h1-5,8H,6H2,(H2,15,16,17,18). The topological polar surface area (TPSA) is 73.6 Å². The molecule has 0 aliphatic rings. The van der Waals surface area contributed by atoms with Crippen molar-refractivity contribution in [2.45, 2.75) is 6.54 Å². The normalized spacial score (nSPS) is 9.56. The van der Waals surface area contributed by atoms with Crippen LogP contribution in [0, 0.1) is 17.3 Å². The summed E-state index contributed by atoms with van der Waals surface area (Å²) in [4.78, 5) is 7.87. The van der Waals surface area contributed by atoms with Gasteiger partial charge in [0.2, 0.25) is 0 Å². The largest absolute Gasteiger partial charge is 0.366 e. The minimum atomic E-state index is -0.263. The van der Waals surface area contributed by atoms with Crippen molar-refractivity contribution in [2.24, 2.45) is 0 Å². The molecule has 0 radical (unpaired) electrons. The van der Waals surface area contributed by atoms with E-state index in [9.17, 15) is 4.39 Å². The Morgan fingerprint density at radius 3 is 2.61 bits per heavy atom. The highest BCUT2D eigenvalue weighted by atomic mass is 19.1. The van der Waals surface area contributed by atoms with Gasteiger partial charge in [-0.3, -0.25) is 5.32 Å². The van der Waals surface area contributed by atoms with Gasteiger partial charge in [-0.25, -0.2) is 14.4 Å². The zero-order valence-corrected chi connectivity index (χ0v) is 9.39. The minimum absolute atomic E-state index is 0.263. The van der Waals surface area contributed by atoms with Crippen molar-refractivity contribution in [1.29, 1.82) is 5.26 Å². The van der Waals surface area contributed by atoms with E-state index in [2.05, 4.69) is 20.6 Å². The van der Waals surface area contributed by atoms with Crippen molar-refractivity contribution >= 4 is 11.6 Å². The molecule has 0 atom stereocenters. The highest BCUT2D eigenvalue weighted by Gasteiger charge is 1.98. The Bertz CT molecular complexity index is 561. The summed E-state index contributed by atoms with van der Waals surface area (Å²) in [5.74, 6) is 0.752. The first-order valence-corrected chi connectivity index (χ1v) is 5.23. The van der Waals surface area contributed by atoms with Crippen molar-refractivity contribution < 1.29 is 4.39 Å². The monoisotopic (exact) mass is 243 g/mol. The molecule has 2 rings (SSSR count). The van der Waals surface area contributed by atoms with Crippen LogP contribution in [0.15, 0.2) is 36.7 Å². The van der Waals surface area contributed by atoms with Crippen LogP contribution >= 0.6 is 0 Å². The smallest absolute Gasteiger partial charge is 0.182 e. The molecule has 5 nitrogen and oxygen atoms in total. The fraction of sp³-hybridized carbons (Fsp3) is 0.0833. The maximum atomic E-state index is 12.7. The zero-order chi connectivity index (χ0) is 12.8. The molecule has 0 bridgehead atoms. The van der Waals surface area contributed by atoms with E-state index in [4.69, 9.17) is 5.26 Å². The van der Waals surface area contributed by atoms with E-state index in [0.29, 0.717) is 18.2 Å². The number of benzene rings is 1.